The summed E-state index contributed by atoms with van der Waals surface area (Å²) in [4.78, 5) is 41.2. The third-order valence-corrected chi connectivity index (χ3v) is 7.30. The Morgan fingerprint density at radius 1 is 1.16 bits per heavy atom. The third kappa shape index (κ3) is 6.76. The van der Waals surface area contributed by atoms with Crippen LogP contribution in [0.25, 0.3) is 0 Å². The van der Waals surface area contributed by atoms with E-state index < -0.39 is 5.60 Å². The number of aryl methyl sites for hydroxylation is 1. The molecule has 3 heterocycles. The molecule has 0 saturated carbocycles. The first-order valence-electron chi connectivity index (χ1n) is 13.1. The van der Waals surface area contributed by atoms with E-state index in [-0.39, 0.29) is 24.5 Å². The summed E-state index contributed by atoms with van der Waals surface area (Å²) in [6.45, 7) is 8.18. The van der Waals surface area contributed by atoms with Gasteiger partial charge in [-0.3, -0.25) is 4.79 Å². The van der Waals surface area contributed by atoms with Gasteiger partial charge in [0.2, 0.25) is 5.91 Å². The molecule has 0 N–H and O–H groups in total. The van der Waals surface area contributed by atoms with Gasteiger partial charge in [-0.2, -0.15) is 5.26 Å². The Labute approximate surface area is 229 Å². The normalized spacial score (nSPS) is 17.6. The topological polar surface area (TPSA) is 103 Å². The quantitative estimate of drug-likeness (QED) is 0.402. The number of amides is 2. The number of carbonyl (C=O) groups excluding carboxylic acids is 2. The highest BCUT2D eigenvalue weighted by Gasteiger charge is 2.34. The molecule has 202 valence electrons. The number of nitrogens with zero attached hydrogens (tertiary/aromatic N) is 6. The van der Waals surface area contributed by atoms with Crippen LogP contribution in [0.4, 0.5) is 10.6 Å². The summed E-state index contributed by atoms with van der Waals surface area (Å²) in [6, 6.07) is 12.1. The van der Waals surface area contributed by atoms with E-state index in [4.69, 9.17) is 14.7 Å². The fourth-order valence-electron chi connectivity index (χ4n) is 4.92. The zero-order valence-corrected chi connectivity index (χ0v) is 23.5. The van der Waals surface area contributed by atoms with Crippen LogP contribution in [0.15, 0.2) is 35.5 Å². The molecule has 9 nitrogen and oxygen atoms in total. The van der Waals surface area contributed by atoms with Gasteiger partial charge in [-0.05, 0) is 45.4 Å². The van der Waals surface area contributed by atoms with E-state index >= 15 is 0 Å². The van der Waals surface area contributed by atoms with Crippen LogP contribution in [-0.4, -0.2) is 75.8 Å². The van der Waals surface area contributed by atoms with Crippen molar-refractivity contribution < 1.29 is 14.3 Å². The highest BCUT2D eigenvalue weighted by Crippen LogP contribution is 2.31. The number of fused-ring (bicyclic) bond motifs is 1. The summed E-state index contributed by atoms with van der Waals surface area (Å²) in [6.07, 6.45) is 3.59. The zero-order chi connectivity index (χ0) is 27.3. The SMILES string of the molecule is CSc1nc2c(c(N3CCN(C(=O)CCc4ccccc4)[C@@H](CC#N)C3)n1)CCN(C(=O)OC(C)(C)C)C2. The van der Waals surface area contributed by atoms with E-state index in [1.165, 1.54) is 11.8 Å². The van der Waals surface area contributed by atoms with E-state index in [0.29, 0.717) is 57.1 Å². The molecule has 1 aromatic carbocycles. The first-order valence-corrected chi connectivity index (χ1v) is 14.3. The summed E-state index contributed by atoms with van der Waals surface area (Å²) in [5, 5.41) is 10.2. The van der Waals surface area contributed by atoms with E-state index in [1.54, 1.807) is 4.90 Å². The lowest BCUT2D eigenvalue weighted by molar-refractivity contribution is -0.133. The summed E-state index contributed by atoms with van der Waals surface area (Å²) in [7, 11) is 0. The van der Waals surface area contributed by atoms with Gasteiger partial charge in [0.25, 0.3) is 0 Å². The maximum Gasteiger partial charge on any atom is 0.410 e. The minimum atomic E-state index is -0.563. The third-order valence-electron chi connectivity index (χ3n) is 6.76. The number of carbonyl (C=O) groups is 2. The van der Waals surface area contributed by atoms with Crippen LogP contribution in [0.1, 0.15) is 50.4 Å². The minimum absolute atomic E-state index is 0.0799. The second-order valence-electron chi connectivity index (χ2n) is 10.6. The van der Waals surface area contributed by atoms with E-state index in [9.17, 15) is 14.9 Å². The Balaban J connectivity index is 1.50. The van der Waals surface area contributed by atoms with Crippen molar-refractivity contribution in [3.63, 3.8) is 0 Å². The van der Waals surface area contributed by atoms with Gasteiger partial charge in [0.05, 0.1) is 30.8 Å². The van der Waals surface area contributed by atoms with Crippen LogP contribution in [0, 0.1) is 11.3 Å². The highest BCUT2D eigenvalue weighted by atomic mass is 32.2. The van der Waals surface area contributed by atoms with Crippen molar-refractivity contribution >= 4 is 29.6 Å². The number of thioether (sulfide) groups is 1. The van der Waals surface area contributed by atoms with Gasteiger partial charge in [-0.1, -0.05) is 42.1 Å². The van der Waals surface area contributed by atoms with Gasteiger partial charge < -0.3 is 19.4 Å². The lowest BCUT2D eigenvalue weighted by Gasteiger charge is -2.42. The van der Waals surface area contributed by atoms with Crippen molar-refractivity contribution in [3.05, 3.63) is 47.2 Å². The van der Waals surface area contributed by atoms with Crippen molar-refractivity contribution in [1.82, 2.24) is 19.8 Å². The molecular weight excluding hydrogens is 500 g/mol. The Bertz CT molecular complexity index is 1190. The Kier molecular flexibility index (Phi) is 8.77. The molecule has 1 atom stereocenters. The molecule has 0 radical (unpaired) electrons. The summed E-state index contributed by atoms with van der Waals surface area (Å²) >= 11 is 1.46. The number of hydrogen-bond acceptors (Lipinski definition) is 8. The molecule has 10 heteroatoms. The minimum Gasteiger partial charge on any atom is -0.444 e. The molecular formula is C28H36N6O3S. The average molecular weight is 537 g/mol. The van der Waals surface area contributed by atoms with Gasteiger partial charge in [0.1, 0.15) is 11.4 Å². The molecule has 0 unspecified atom stereocenters. The first-order chi connectivity index (χ1) is 18.2. The van der Waals surface area contributed by atoms with E-state index in [0.717, 1.165) is 22.6 Å². The zero-order valence-electron chi connectivity index (χ0n) is 22.6. The van der Waals surface area contributed by atoms with Crippen LogP contribution in [0.2, 0.25) is 0 Å². The van der Waals surface area contributed by atoms with Gasteiger partial charge >= 0.3 is 6.09 Å². The predicted molar refractivity (Wildman–Crippen MR) is 147 cm³/mol. The molecule has 1 saturated heterocycles. The molecule has 1 fully saturated rings. The largest absolute Gasteiger partial charge is 0.444 e. The maximum absolute atomic E-state index is 13.2. The molecule has 38 heavy (non-hydrogen) atoms. The highest BCUT2D eigenvalue weighted by molar-refractivity contribution is 7.98. The molecule has 1 aromatic heterocycles. The van der Waals surface area contributed by atoms with Gasteiger partial charge in [0.15, 0.2) is 5.16 Å². The molecule has 0 aliphatic carbocycles. The fourth-order valence-corrected chi connectivity index (χ4v) is 5.30. The number of hydrogen-bond donors (Lipinski definition) is 0. The predicted octanol–water partition coefficient (Wildman–Crippen LogP) is 4.06. The smallest absolute Gasteiger partial charge is 0.410 e. The van der Waals surface area contributed by atoms with Crippen molar-refractivity contribution in [3.8, 4) is 6.07 Å². The van der Waals surface area contributed by atoms with Crippen LogP contribution in [0.5, 0.6) is 0 Å². The number of benzene rings is 1. The lowest BCUT2D eigenvalue weighted by Crippen LogP contribution is -2.55. The number of piperazine rings is 1. The Morgan fingerprint density at radius 3 is 2.61 bits per heavy atom. The first kappa shape index (κ1) is 27.7. The van der Waals surface area contributed by atoms with Gasteiger partial charge in [-0.15, -0.1) is 0 Å². The molecule has 0 bridgehead atoms. The standard InChI is InChI=1S/C28H36N6O3S/c1-28(2,3)37-27(36)33-15-13-22-23(19-33)30-26(38-4)31-25(22)32-16-17-34(21(18-32)12-14-29)24(35)11-10-20-8-6-5-7-9-20/h5-9,21H,10-13,15-19H2,1-4H3/t21-/m0/s1. The second kappa shape index (κ2) is 12.0. The van der Waals surface area contributed by atoms with Gasteiger partial charge in [-0.25, -0.2) is 14.8 Å². The second-order valence-corrected chi connectivity index (χ2v) is 11.4. The number of nitriles is 1. The Hall–Kier alpha value is -3.32. The molecule has 2 aliphatic rings. The number of aromatic nitrogens is 2. The molecule has 2 aliphatic heterocycles. The number of rotatable bonds is 6. The van der Waals surface area contributed by atoms with Crippen molar-refractivity contribution in [2.45, 2.75) is 69.8 Å². The average Bonchev–Trinajstić information content (AvgIpc) is 2.90. The maximum atomic E-state index is 13.2. The van der Waals surface area contributed by atoms with Crippen LogP contribution in [-0.2, 0) is 28.9 Å². The van der Waals surface area contributed by atoms with Crippen molar-refractivity contribution in [2.24, 2.45) is 0 Å². The van der Waals surface area contributed by atoms with Crippen LogP contribution >= 0.6 is 11.8 Å². The van der Waals surface area contributed by atoms with Crippen LogP contribution < -0.4 is 4.90 Å². The molecule has 2 amide bonds. The van der Waals surface area contributed by atoms with Crippen LogP contribution in [0.3, 0.4) is 0 Å². The molecule has 0 spiro atoms. The molecule has 2 aromatic rings. The van der Waals surface area contributed by atoms with E-state index in [2.05, 4.69) is 11.0 Å². The number of anilines is 1. The fraction of sp³-hybridized carbons (Fsp3) is 0.536. The van der Waals surface area contributed by atoms with Crippen molar-refractivity contribution in [2.75, 3.05) is 37.3 Å². The lowest BCUT2D eigenvalue weighted by atomic mass is 10.0. The number of ether oxygens (including phenoxy) is 1. The summed E-state index contributed by atoms with van der Waals surface area (Å²) in [5.41, 5.74) is 2.43. The van der Waals surface area contributed by atoms with Crippen molar-refractivity contribution in [1.29, 1.82) is 5.26 Å². The summed E-state index contributed by atoms with van der Waals surface area (Å²) < 4.78 is 5.58. The summed E-state index contributed by atoms with van der Waals surface area (Å²) in [5.74, 6) is 0.929. The Morgan fingerprint density at radius 2 is 1.92 bits per heavy atom. The van der Waals surface area contributed by atoms with Gasteiger partial charge in [0, 0.05) is 38.2 Å². The molecule has 4 rings (SSSR count). The monoisotopic (exact) mass is 536 g/mol. The van der Waals surface area contributed by atoms with E-state index in [1.807, 2.05) is 62.3 Å².